The maximum Gasteiger partial charge on any atom is 0.333 e. The molecule has 212 valence electrons. The first-order valence-electron chi connectivity index (χ1n) is 13.6. The Kier molecular flexibility index (Phi) is 12.5. The number of carbonyl (C=O) groups excluding carboxylic acids is 1. The van der Waals surface area contributed by atoms with Crippen LogP contribution in [0.2, 0.25) is 0 Å². The summed E-state index contributed by atoms with van der Waals surface area (Å²) in [5, 5.41) is 18.3. The zero-order chi connectivity index (χ0) is 28.6. The van der Waals surface area contributed by atoms with Gasteiger partial charge in [-0.3, -0.25) is 0 Å². The first kappa shape index (κ1) is 30.2. The van der Waals surface area contributed by atoms with E-state index in [9.17, 15) is 4.79 Å². The highest BCUT2D eigenvalue weighted by Crippen LogP contribution is 2.22. The van der Waals surface area contributed by atoms with Gasteiger partial charge in [-0.15, -0.1) is 0 Å². The molecular formula is C29H39N9O2. The first-order chi connectivity index (χ1) is 19.5. The lowest BCUT2D eigenvalue weighted by atomic mass is 10.3. The Labute approximate surface area is 236 Å². The number of rotatable bonds is 17. The molecule has 3 aromatic rings. The maximum absolute atomic E-state index is 11.6. The number of nitrogens with one attached hydrogen (secondary N) is 3. The minimum Gasteiger partial charge on any atom is -0.462 e. The minimum absolute atomic E-state index is 0.277. The normalized spacial score (nSPS) is 11.0. The van der Waals surface area contributed by atoms with Gasteiger partial charge in [0.25, 0.3) is 0 Å². The molecule has 11 heteroatoms. The lowest BCUT2D eigenvalue weighted by molar-refractivity contribution is -0.138. The third-order valence-electron chi connectivity index (χ3n) is 5.81. The van der Waals surface area contributed by atoms with Crippen LogP contribution in [0.15, 0.2) is 77.0 Å². The van der Waals surface area contributed by atoms with Crippen LogP contribution in [-0.4, -0.2) is 65.2 Å². The zero-order valence-corrected chi connectivity index (χ0v) is 23.6. The fourth-order valence-electron chi connectivity index (χ4n) is 3.54. The SMILES string of the molecule is C=C(C)C(=O)OCCCNc1nc(NCCCN(CC)CC)nc(Nc2ccc(N=Nc3ccccc3)cc2)n1. The van der Waals surface area contributed by atoms with Crippen LogP contribution < -0.4 is 16.0 Å². The predicted octanol–water partition coefficient (Wildman–Crippen LogP) is 6.10. The van der Waals surface area contributed by atoms with Crippen LogP contribution in [0.25, 0.3) is 0 Å². The van der Waals surface area contributed by atoms with E-state index in [0.29, 0.717) is 36.4 Å². The molecule has 0 aliphatic carbocycles. The molecular weight excluding hydrogens is 506 g/mol. The van der Waals surface area contributed by atoms with Crippen molar-refractivity contribution in [2.24, 2.45) is 10.2 Å². The molecule has 0 radical (unpaired) electrons. The number of azo groups is 1. The number of ether oxygens (including phenoxy) is 1. The molecule has 0 saturated carbocycles. The number of hydrogen-bond donors (Lipinski definition) is 3. The van der Waals surface area contributed by atoms with E-state index >= 15 is 0 Å². The van der Waals surface area contributed by atoms with E-state index in [2.05, 4.69) is 66.5 Å². The second-order valence-corrected chi connectivity index (χ2v) is 9.02. The van der Waals surface area contributed by atoms with Gasteiger partial charge in [0.15, 0.2) is 0 Å². The van der Waals surface area contributed by atoms with Gasteiger partial charge in [-0.05, 0) is 75.8 Å². The van der Waals surface area contributed by atoms with Gasteiger partial charge >= 0.3 is 5.97 Å². The van der Waals surface area contributed by atoms with Crippen molar-refractivity contribution in [2.45, 2.75) is 33.6 Å². The van der Waals surface area contributed by atoms with E-state index < -0.39 is 5.97 Å². The fraction of sp³-hybridized carbons (Fsp3) is 0.379. The smallest absolute Gasteiger partial charge is 0.333 e. The Morgan fingerprint density at radius 1 is 0.850 bits per heavy atom. The van der Waals surface area contributed by atoms with Crippen molar-refractivity contribution < 1.29 is 9.53 Å². The summed E-state index contributed by atoms with van der Waals surface area (Å²) < 4.78 is 5.15. The summed E-state index contributed by atoms with van der Waals surface area (Å²) in [4.78, 5) is 27.5. The number of hydrogen-bond acceptors (Lipinski definition) is 11. The molecule has 11 nitrogen and oxygen atoms in total. The van der Waals surface area contributed by atoms with Crippen molar-refractivity contribution >= 4 is 40.9 Å². The van der Waals surface area contributed by atoms with E-state index in [1.165, 1.54) is 0 Å². The van der Waals surface area contributed by atoms with Gasteiger partial charge < -0.3 is 25.6 Å². The van der Waals surface area contributed by atoms with Gasteiger partial charge in [0.1, 0.15) is 0 Å². The molecule has 0 aliphatic rings. The molecule has 0 unspecified atom stereocenters. The van der Waals surface area contributed by atoms with Crippen LogP contribution in [0, 0.1) is 0 Å². The quantitative estimate of drug-likeness (QED) is 0.0798. The van der Waals surface area contributed by atoms with Crippen molar-refractivity contribution in [3.8, 4) is 0 Å². The summed E-state index contributed by atoms with van der Waals surface area (Å²) in [5.41, 5.74) is 2.71. The highest BCUT2D eigenvalue weighted by molar-refractivity contribution is 5.86. The molecule has 1 heterocycles. The molecule has 0 saturated heterocycles. The highest BCUT2D eigenvalue weighted by atomic mass is 16.5. The molecule has 0 fully saturated rings. The number of benzene rings is 2. The first-order valence-corrected chi connectivity index (χ1v) is 13.6. The van der Waals surface area contributed by atoms with Crippen molar-refractivity contribution in [2.75, 3.05) is 55.3 Å². The van der Waals surface area contributed by atoms with E-state index in [1.807, 2.05) is 54.6 Å². The molecule has 40 heavy (non-hydrogen) atoms. The third-order valence-corrected chi connectivity index (χ3v) is 5.81. The van der Waals surface area contributed by atoms with Crippen molar-refractivity contribution in [1.29, 1.82) is 0 Å². The molecule has 0 aliphatic heterocycles. The summed E-state index contributed by atoms with van der Waals surface area (Å²) in [5.74, 6) is 0.899. The number of nitrogens with zero attached hydrogens (tertiary/aromatic N) is 6. The Bertz CT molecular complexity index is 1230. The number of carbonyl (C=O) groups is 1. The van der Waals surface area contributed by atoms with Gasteiger partial charge in [0.2, 0.25) is 17.8 Å². The summed E-state index contributed by atoms with van der Waals surface area (Å²) in [7, 11) is 0. The van der Waals surface area contributed by atoms with E-state index in [-0.39, 0.29) is 6.61 Å². The monoisotopic (exact) mass is 545 g/mol. The van der Waals surface area contributed by atoms with Crippen molar-refractivity contribution in [3.05, 3.63) is 66.7 Å². The summed E-state index contributed by atoms with van der Waals surface area (Å²) in [6.07, 6.45) is 1.56. The number of anilines is 4. The second-order valence-electron chi connectivity index (χ2n) is 9.02. The van der Waals surface area contributed by atoms with Crippen molar-refractivity contribution in [1.82, 2.24) is 19.9 Å². The maximum atomic E-state index is 11.6. The van der Waals surface area contributed by atoms with Crippen LogP contribution >= 0.6 is 0 Å². The number of esters is 1. The van der Waals surface area contributed by atoms with Crippen LogP contribution in [0.5, 0.6) is 0 Å². The van der Waals surface area contributed by atoms with Crippen molar-refractivity contribution in [3.63, 3.8) is 0 Å². The van der Waals surface area contributed by atoms with E-state index in [0.717, 1.165) is 49.7 Å². The fourth-order valence-corrected chi connectivity index (χ4v) is 3.54. The molecule has 1 aromatic heterocycles. The van der Waals surface area contributed by atoms with E-state index in [1.54, 1.807) is 6.92 Å². The van der Waals surface area contributed by atoms with Gasteiger partial charge in [-0.25, -0.2) is 4.79 Å². The van der Waals surface area contributed by atoms with Gasteiger partial charge in [0, 0.05) is 24.4 Å². The van der Waals surface area contributed by atoms with Gasteiger partial charge in [-0.1, -0.05) is 38.6 Å². The Morgan fingerprint density at radius 3 is 2.02 bits per heavy atom. The average molecular weight is 546 g/mol. The van der Waals surface area contributed by atoms with Crippen LogP contribution in [-0.2, 0) is 9.53 Å². The molecule has 0 spiro atoms. The standard InChI is InChI=1S/C29H39N9O2/c1-5-38(6-2)20-10-18-30-27-33-28(31-19-11-21-40-26(39)22(3)4)35-29(34-27)32-23-14-16-25(17-15-23)37-36-24-12-8-7-9-13-24/h7-9,12-17H,3,5-6,10-11,18-21H2,1-2,4H3,(H3,30,31,32,33,34,35). The van der Waals surface area contributed by atoms with Crippen LogP contribution in [0.1, 0.15) is 33.6 Å². The average Bonchev–Trinajstić information content (AvgIpc) is 2.97. The largest absolute Gasteiger partial charge is 0.462 e. The highest BCUT2D eigenvalue weighted by Gasteiger charge is 2.08. The second kappa shape index (κ2) is 16.6. The van der Waals surface area contributed by atoms with Gasteiger partial charge in [0.05, 0.1) is 18.0 Å². The summed E-state index contributed by atoms with van der Waals surface area (Å²) in [6, 6.07) is 17.1. The molecule has 0 atom stereocenters. The molecule has 0 amide bonds. The molecule has 2 aromatic carbocycles. The summed E-state index contributed by atoms with van der Waals surface area (Å²) >= 11 is 0. The molecule has 3 N–H and O–H groups in total. The van der Waals surface area contributed by atoms with Gasteiger partial charge in [-0.2, -0.15) is 25.2 Å². The lowest BCUT2D eigenvalue weighted by Gasteiger charge is -2.17. The Balaban J connectivity index is 1.63. The predicted molar refractivity (Wildman–Crippen MR) is 160 cm³/mol. The minimum atomic E-state index is -0.393. The Morgan fingerprint density at radius 2 is 1.43 bits per heavy atom. The Hall–Kier alpha value is -4.38. The van der Waals surface area contributed by atoms with Crippen LogP contribution in [0.3, 0.4) is 0 Å². The summed E-state index contributed by atoms with van der Waals surface area (Å²) in [6.45, 7) is 14.1. The van der Waals surface area contributed by atoms with E-state index in [4.69, 9.17) is 4.74 Å². The van der Waals surface area contributed by atoms with Crippen LogP contribution in [0.4, 0.5) is 34.9 Å². The topological polar surface area (TPSA) is 129 Å². The zero-order valence-electron chi connectivity index (χ0n) is 23.6. The third kappa shape index (κ3) is 10.8. The molecule has 3 rings (SSSR count). The number of aromatic nitrogens is 3. The lowest BCUT2D eigenvalue weighted by Crippen LogP contribution is -2.25. The molecule has 0 bridgehead atoms.